The van der Waals surface area contributed by atoms with Gasteiger partial charge in [-0.05, 0) is 80.1 Å². The number of nitrogens with one attached hydrogen (secondary N) is 1. The highest BCUT2D eigenvalue weighted by molar-refractivity contribution is 7.92. The van der Waals surface area contributed by atoms with Gasteiger partial charge in [0.1, 0.15) is 18.3 Å². The Balaban J connectivity index is 1.61. The smallest absolute Gasteiger partial charge is 0.264 e. The Labute approximate surface area is 284 Å². The van der Waals surface area contributed by atoms with Crippen LogP contribution in [0.2, 0.25) is 0 Å². The Kier molecular flexibility index (Phi) is 11.2. The zero-order valence-electron chi connectivity index (χ0n) is 28.2. The van der Waals surface area contributed by atoms with Gasteiger partial charge in [-0.25, -0.2) is 8.42 Å². The summed E-state index contributed by atoms with van der Waals surface area (Å²) in [5.41, 5.74) is 4.70. The normalized spacial score (nSPS) is 13.9. The second-order valence-corrected chi connectivity index (χ2v) is 14.5. The first-order valence-corrected chi connectivity index (χ1v) is 17.9. The van der Waals surface area contributed by atoms with E-state index in [1.54, 1.807) is 41.3 Å². The number of ether oxygens (including phenoxy) is 1. The molecule has 48 heavy (non-hydrogen) atoms. The molecule has 1 N–H and O–H groups in total. The molecule has 1 atom stereocenters. The predicted octanol–water partition coefficient (Wildman–Crippen LogP) is 6.51. The van der Waals surface area contributed by atoms with Gasteiger partial charge in [-0.2, -0.15) is 0 Å². The van der Waals surface area contributed by atoms with Crippen molar-refractivity contribution in [3.63, 3.8) is 0 Å². The van der Waals surface area contributed by atoms with Crippen molar-refractivity contribution in [3.05, 3.63) is 125 Å². The second-order valence-electron chi connectivity index (χ2n) is 12.6. The van der Waals surface area contributed by atoms with E-state index in [1.807, 2.05) is 81.4 Å². The van der Waals surface area contributed by atoms with Crippen molar-refractivity contribution >= 4 is 27.5 Å². The number of hydrogen-bond donors (Lipinski definition) is 1. The van der Waals surface area contributed by atoms with Gasteiger partial charge >= 0.3 is 0 Å². The summed E-state index contributed by atoms with van der Waals surface area (Å²) in [7, 11) is -2.78. The predicted molar refractivity (Wildman–Crippen MR) is 190 cm³/mol. The van der Waals surface area contributed by atoms with Gasteiger partial charge in [-0.15, -0.1) is 0 Å². The fourth-order valence-electron chi connectivity index (χ4n) is 6.24. The Morgan fingerprint density at radius 1 is 0.854 bits per heavy atom. The van der Waals surface area contributed by atoms with Gasteiger partial charge in [-0.1, -0.05) is 91.2 Å². The highest BCUT2D eigenvalue weighted by Crippen LogP contribution is 2.34. The molecule has 9 heteroatoms. The molecule has 8 nitrogen and oxygen atoms in total. The maximum atomic E-state index is 14.8. The fourth-order valence-corrected chi connectivity index (χ4v) is 7.65. The van der Waals surface area contributed by atoms with Crippen LogP contribution in [0.25, 0.3) is 0 Å². The lowest BCUT2D eigenvalue weighted by Gasteiger charge is -2.35. The summed E-state index contributed by atoms with van der Waals surface area (Å²) in [6, 6.07) is 28.3. The highest BCUT2D eigenvalue weighted by atomic mass is 32.2. The molecule has 0 unspecified atom stereocenters. The monoisotopic (exact) mass is 667 g/mol. The van der Waals surface area contributed by atoms with Gasteiger partial charge in [0, 0.05) is 19.0 Å². The quantitative estimate of drug-likeness (QED) is 0.175. The third-order valence-corrected chi connectivity index (χ3v) is 10.8. The number of aryl methyl sites for hydroxylation is 3. The van der Waals surface area contributed by atoms with E-state index in [0.29, 0.717) is 5.75 Å². The van der Waals surface area contributed by atoms with Crippen molar-refractivity contribution in [3.8, 4) is 5.75 Å². The SMILES string of the molecule is COc1ccc(C)cc1N(CC(=O)N(Cc1ccccc1C)[C@H](Cc1ccccc1)C(=O)NC1CCCC1)S(=O)(=O)c1ccc(C)cc1. The van der Waals surface area contributed by atoms with Crippen LogP contribution >= 0.6 is 0 Å². The molecule has 1 aliphatic carbocycles. The van der Waals surface area contributed by atoms with Crippen LogP contribution in [-0.4, -0.2) is 50.9 Å². The summed E-state index contributed by atoms with van der Waals surface area (Å²) in [4.78, 5) is 30.7. The zero-order valence-corrected chi connectivity index (χ0v) is 29.0. The minimum absolute atomic E-state index is 0.0427. The van der Waals surface area contributed by atoms with Gasteiger partial charge < -0.3 is 15.0 Å². The van der Waals surface area contributed by atoms with E-state index in [1.165, 1.54) is 7.11 Å². The molecule has 0 aromatic heterocycles. The largest absolute Gasteiger partial charge is 0.495 e. The molecular weight excluding hydrogens is 623 g/mol. The van der Waals surface area contributed by atoms with Crippen LogP contribution in [0.1, 0.15) is 53.5 Å². The van der Waals surface area contributed by atoms with E-state index in [9.17, 15) is 18.0 Å². The van der Waals surface area contributed by atoms with Crippen LogP contribution < -0.4 is 14.4 Å². The average Bonchev–Trinajstić information content (AvgIpc) is 3.59. The van der Waals surface area contributed by atoms with Crippen LogP contribution in [0, 0.1) is 20.8 Å². The van der Waals surface area contributed by atoms with E-state index < -0.39 is 28.5 Å². The van der Waals surface area contributed by atoms with E-state index in [0.717, 1.165) is 57.8 Å². The lowest BCUT2D eigenvalue weighted by atomic mass is 10.0. The maximum Gasteiger partial charge on any atom is 0.264 e. The van der Waals surface area contributed by atoms with Gasteiger partial charge in [0.15, 0.2) is 0 Å². The number of carbonyl (C=O) groups excluding carboxylic acids is 2. The lowest BCUT2D eigenvalue weighted by Crippen LogP contribution is -2.54. The molecule has 0 aliphatic heterocycles. The molecule has 252 valence electrons. The van der Waals surface area contributed by atoms with E-state index in [2.05, 4.69) is 5.32 Å². The van der Waals surface area contributed by atoms with Crippen molar-refractivity contribution in [1.82, 2.24) is 10.2 Å². The van der Waals surface area contributed by atoms with Crippen molar-refractivity contribution in [2.45, 2.75) is 76.4 Å². The third kappa shape index (κ3) is 8.26. The first kappa shape index (κ1) is 34.7. The zero-order chi connectivity index (χ0) is 34.3. The van der Waals surface area contributed by atoms with E-state index >= 15 is 0 Å². The lowest BCUT2D eigenvalue weighted by molar-refractivity contribution is -0.140. The molecular formula is C39H45N3O5S. The van der Waals surface area contributed by atoms with Crippen LogP contribution in [0.15, 0.2) is 102 Å². The number of methoxy groups -OCH3 is 1. The van der Waals surface area contributed by atoms with Crippen LogP contribution in [-0.2, 0) is 32.6 Å². The summed E-state index contributed by atoms with van der Waals surface area (Å²) in [6.45, 7) is 5.30. The molecule has 4 aromatic carbocycles. The standard InChI is InChI=1S/C39H45N3O5S/c1-28-18-21-34(22-19-28)48(45,46)42(35-24-29(2)20-23-37(35)47-4)27-38(43)41(26-32-15-9-8-12-30(32)3)36(25-31-13-6-5-7-14-31)39(44)40-33-16-10-11-17-33/h5-9,12-15,18-24,33,36H,10-11,16-17,25-27H2,1-4H3,(H,40,44)/t36-/m1/s1. The van der Waals surface area contributed by atoms with Gasteiger partial charge in [0.05, 0.1) is 17.7 Å². The summed E-state index contributed by atoms with van der Waals surface area (Å²) in [6.07, 6.45) is 4.15. The second kappa shape index (κ2) is 15.5. The highest BCUT2D eigenvalue weighted by Gasteiger charge is 2.36. The fraction of sp³-hybridized carbons (Fsp3) is 0.333. The van der Waals surface area contributed by atoms with Crippen LogP contribution in [0.4, 0.5) is 5.69 Å². The summed E-state index contributed by atoms with van der Waals surface area (Å²) in [5, 5.41) is 3.22. The van der Waals surface area contributed by atoms with Crippen LogP contribution in [0.3, 0.4) is 0 Å². The van der Waals surface area contributed by atoms with Crippen molar-refractivity contribution in [1.29, 1.82) is 0 Å². The van der Waals surface area contributed by atoms with Gasteiger partial charge in [-0.3, -0.25) is 13.9 Å². The Hall–Kier alpha value is -4.63. The first-order valence-electron chi connectivity index (χ1n) is 16.5. The topological polar surface area (TPSA) is 96.0 Å². The molecule has 0 radical (unpaired) electrons. The molecule has 2 amide bonds. The summed E-state index contributed by atoms with van der Waals surface area (Å²) >= 11 is 0. The molecule has 1 fully saturated rings. The number of anilines is 1. The Bertz CT molecular complexity index is 1820. The van der Waals surface area contributed by atoms with E-state index in [-0.39, 0.29) is 35.5 Å². The summed E-state index contributed by atoms with van der Waals surface area (Å²) < 4.78 is 35.6. The third-order valence-electron chi connectivity index (χ3n) is 9.07. The minimum atomic E-state index is -4.25. The molecule has 1 saturated carbocycles. The first-order chi connectivity index (χ1) is 23.1. The molecule has 0 heterocycles. The number of amides is 2. The number of rotatable bonds is 13. The molecule has 5 rings (SSSR count). The van der Waals surface area contributed by atoms with Crippen LogP contribution in [0.5, 0.6) is 5.75 Å². The molecule has 4 aromatic rings. The number of benzene rings is 4. The number of nitrogens with zero attached hydrogens (tertiary/aromatic N) is 2. The summed E-state index contributed by atoms with van der Waals surface area (Å²) in [5.74, 6) is -0.428. The number of sulfonamides is 1. The molecule has 0 spiro atoms. The number of carbonyl (C=O) groups is 2. The van der Waals surface area contributed by atoms with E-state index in [4.69, 9.17) is 4.74 Å². The van der Waals surface area contributed by atoms with Crippen molar-refractivity contribution < 1.29 is 22.7 Å². The molecule has 1 aliphatic rings. The van der Waals surface area contributed by atoms with Gasteiger partial charge in [0.2, 0.25) is 11.8 Å². The molecule has 0 saturated heterocycles. The Morgan fingerprint density at radius 3 is 2.17 bits per heavy atom. The van der Waals surface area contributed by atoms with Crippen molar-refractivity contribution in [2.75, 3.05) is 18.0 Å². The minimum Gasteiger partial charge on any atom is -0.495 e. The van der Waals surface area contributed by atoms with Gasteiger partial charge in [0.25, 0.3) is 10.0 Å². The van der Waals surface area contributed by atoms with Crippen molar-refractivity contribution in [2.24, 2.45) is 0 Å². The average molecular weight is 668 g/mol. The number of hydrogen-bond acceptors (Lipinski definition) is 5. The Morgan fingerprint density at radius 2 is 1.50 bits per heavy atom. The maximum absolute atomic E-state index is 14.8. The molecule has 0 bridgehead atoms.